The Morgan fingerprint density at radius 3 is 2.22 bits per heavy atom. The Morgan fingerprint density at radius 1 is 0.837 bits per heavy atom. The van der Waals surface area contributed by atoms with Crippen molar-refractivity contribution in [2.24, 2.45) is 5.41 Å². The number of halogens is 2. The average Bonchev–Trinajstić information content (AvgIpc) is 1.01. The first kappa shape index (κ1) is 69.6. The Labute approximate surface area is 574 Å². The molecule has 7 aromatic rings. The zero-order valence-corrected chi connectivity index (χ0v) is 58.5. The Bertz CT molecular complexity index is 4030. The van der Waals surface area contributed by atoms with Gasteiger partial charge in [-0.2, -0.15) is 9.97 Å². The number of likely N-dealkylation sites (tertiary alicyclic amines) is 2. The van der Waals surface area contributed by atoms with Gasteiger partial charge in [0, 0.05) is 97.3 Å². The molecule has 5 fully saturated rings. The maximum Gasteiger partial charge on any atom is 0.410 e. The van der Waals surface area contributed by atoms with E-state index in [1.165, 1.54) is 24.4 Å². The van der Waals surface area contributed by atoms with Crippen molar-refractivity contribution in [1.82, 2.24) is 60.1 Å². The fourth-order valence-corrected chi connectivity index (χ4v) is 15.1. The van der Waals surface area contributed by atoms with Crippen LogP contribution in [-0.2, 0) is 25.5 Å². The maximum atomic E-state index is 17.7. The molecule has 0 saturated carbocycles. The molecule has 522 valence electrons. The molecule has 2 bridgehead atoms. The summed E-state index contributed by atoms with van der Waals surface area (Å²) < 4.78 is 57.9. The van der Waals surface area contributed by atoms with Gasteiger partial charge in [0.25, 0.3) is 5.91 Å². The van der Waals surface area contributed by atoms with E-state index in [9.17, 15) is 24.3 Å². The Kier molecular flexibility index (Phi) is 20.5. The lowest BCUT2D eigenvalue weighted by molar-refractivity contribution is -0.142. The van der Waals surface area contributed by atoms with Crippen molar-refractivity contribution in [2.75, 3.05) is 102 Å². The van der Waals surface area contributed by atoms with E-state index in [1.54, 1.807) is 23.6 Å². The third kappa shape index (κ3) is 15.3. The van der Waals surface area contributed by atoms with Crippen molar-refractivity contribution in [3.8, 4) is 33.5 Å². The molecule has 5 aliphatic heterocycles. The molecule has 26 heteroatoms. The van der Waals surface area contributed by atoms with Crippen molar-refractivity contribution in [1.29, 1.82) is 0 Å². The highest BCUT2D eigenvalue weighted by Gasteiger charge is 2.47. The second-order valence-corrected chi connectivity index (χ2v) is 29.6. The zero-order valence-electron chi connectivity index (χ0n) is 57.6. The summed E-state index contributed by atoms with van der Waals surface area (Å²) >= 11 is 1.56. The third-order valence-corrected chi connectivity index (χ3v) is 20.5. The van der Waals surface area contributed by atoms with Gasteiger partial charge in [-0.3, -0.25) is 34.1 Å². The van der Waals surface area contributed by atoms with Gasteiger partial charge in [-0.1, -0.05) is 70.2 Å². The van der Waals surface area contributed by atoms with Crippen molar-refractivity contribution in [3.05, 3.63) is 107 Å². The number of rotatable bonds is 20. The van der Waals surface area contributed by atoms with Crippen LogP contribution in [0.2, 0.25) is 0 Å². The number of hydrogen-bond acceptors (Lipinski definition) is 20. The first-order chi connectivity index (χ1) is 46.8. The number of anilines is 2. The number of carbonyl (C=O) groups excluding carboxylic acids is 4. The van der Waals surface area contributed by atoms with Gasteiger partial charge in [0.1, 0.15) is 64.3 Å². The van der Waals surface area contributed by atoms with Gasteiger partial charge in [0.15, 0.2) is 12.6 Å². The molecule has 6 atom stereocenters. The van der Waals surface area contributed by atoms with Crippen LogP contribution >= 0.6 is 11.3 Å². The number of piperazine rings is 2. The van der Waals surface area contributed by atoms with Crippen LogP contribution in [0.3, 0.4) is 0 Å². The number of β-amino-alcohol motifs (C(OH)–C–C–N with tert-alkyl or cyclic N) is 1. The molecular weight excluding hydrogens is 1270 g/mol. The van der Waals surface area contributed by atoms with Gasteiger partial charge in [0.05, 0.1) is 58.1 Å². The highest BCUT2D eigenvalue weighted by molar-refractivity contribution is 7.13. The number of methoxy groups -OCH3 is 1. The summed E-state index contributed by atoms with van der Waals surface area (Å²) in [6.45, 7) is 21.9. The number of aryl methyl sites for hydroxylation is 2. The number of ether oxygens (including phenoxy) is 4. The van der Waals surface area contributed by atoms with Crippen LogP contribution in [-0.4, -0.2) is 212 Å². The minimum absolute atomic E-state index is 0.00150. The summed E-state index contributed by atoms with van der Waals surface area (Å²) in [7, 11) is 1.54. The highest BCUT2D eigenvalue weighted by Crippen LogP contribution is 2.42. The van der Waals surface area contributed by atoms with Crippen LogP contribution in [0, 0.1) is 18.2 Å². The topological polar surface area (TPSA) is 246 Å². The van der Waals surface area contributed by atoms with Crippen LogP contribution < -0.4 is 29.9 Å². The minimum Gasteiger partial charge on any atom is -0.468 e. The summed E-state index contributed by atoms with van der Waals surface area (Å²) in [4.78, 5) is 96.4. The number of pyridine rings is 1. The standard InChI is InChI=1S/C72H90F2N14O9S/c1-11-45-13-12-14-48-31-52(96-42-94-10)33-53(58(45)48)60-59(73)61-54(34-77-60)64(86-37-49-19-20-50(38-86)88(49)69(93)97-71(7,8)9)82-68(80-61)95-30-29-83-23-21-72(74,22-24-83)40-84-25-27-85(28-26-84)57-36-75-55(35-76-57)65(90)81-63(70(4,5)6)67(92)87-39-51(89)32-56(87)66(91)79-43(2)46-15-17-47(18-16-46)62-44(3)78-41-98-62/h12-18,31,33-36,41,43,49-51,56,63,89H,11,19-30,32,37-40,42H2,1-10H3,(H,79,91)(H,81,90)/t43-,49?,50?,51+,56-,63+/m0/s1. The lowest BCUT2D eigenvalue weighted by Gasteiger charge is -2.42. The van der Waals surface area contributed by atoms with Gasteiger partial charge in [-0.15, -0.1) is 11.3 Å². The first-order valence-electron chi connectivity index (χ1n) is 34.1. The Balaban J connectivity index is 0.648. The summed E-state index contributed by atoms with van der Waals surface area (Å²) in [6, 6.07) is 14.8. The summed E-state index contributed by atoms with van der Waals surface area (Å²) in [5, 5.41) is 18.9. The van der Waals surface area contributed by atoms with Gasteiger partial charge >= 0.3 is 12.1 Å². The van der Waals surface area contributed by atoms with Gasteiger partial charge in [-0.25, -0.2) is 28.5 Å². The van der Waals surface area contributed by atoms with E-state index >= 15 is 8.78 Å². The molecule has 98 heavy (non-hydrogen) atoms. The highest BCUT2D eigenvalue weighted by atomic mass is 32.1. The number of aromatic nitrogens is 6. The second-order valence-electron chi connectivity index (χ2n) is 28.7. The quantitative estimate of drug-likeness (QED) is 0.0602. The molecule has 0 radical (unpaired) electrons. The molecule has 4 amide bonds. The van der Waals surface area contributed by atoms with Crippen LogP contribution in [0.25, 0.3) is 43.4 Å². The molecule has 3 N–H and O–H groups in total. The fourth-order valence-electron chi connectivity index (χ4n) is 14.3. The van der Waals surface area contributed by atoms with Crippen molar-refractivity contribution < 1.29 is 52.0 Å². The number of fused-ring (bicyclic) bond motifs is 4. The summed E-state index contributed by atoms with van der Waals surface area (Å²) in [6.07, 6.45) is 6.21. The lowest BCUT2D eigenvalue weighted by atomic mass is 9.85. The van der Waals surface area contributed by atoms with Crippen molar-refractivity contribution >= 4 is 68.5 Å². The van der Waals surface area contributed by atoms with Gasteiger partial charge < -0.3 is 49.4 Å². The van der Waals surface area contributed by atoms with E-state index in [-0.39, 0.29) is 80.0 Å². The third-order valence-electron chi connectivity index (χ3n) is 19.5. The molecule has 0 aliphatic carbocycles. The van der Waals surface area contributed by atoms with E-state index in [2.05, 4.69) is 52.1 Å². The number of carbonyl (C=O) groups is 4. The van der Waals surface area contributed by atoms with Crippen LogP contribution in [0.1, 0.15) is 121 Å². The second kappa shape index (κ2) is 28.9. The molecule has 2 unspecified atom stereocenters. The average molecular weight is 1370 g/mol. The zero-order chi connectivity index (χ0) is 69.4. The molecular formula is C72H90F2N14O9S. The van der Waals surface area contributed by atoms with Crippen molar-refractivity contribution in [2.45, 2.75) is 148 Å². The Hall–Kier alpha value is -8.30. The predicted octanol–water partition coefficient (Wildman–Crippen LogP) is 9.33. The van der Waals surface area contributed by atoms with Crippen LogP contribution in [0.15, 0.2) is 78.7 Å². The number of amides is 4. The van der Waals surface area contributed by atoms with Crippen LogP contribution in [0.5, 0.6) is 11.8 Å². The molecule has 23 nitrogen and oxygen atoms in total. The van der Waals surface area contributed by atoms with E-state index in [4.69, 9.17) is 33.9 Å². The summed E-state index contributed by atoms with van der Waals surface area (Å²) in [5.74, 6) is -0.627. The number of aliphatic hydroxyl groups excluding tert-OH is 1. The molecule has 5 aliphatic rings. The number of alkyl halides is 1. The number of hydrogen-bond donors (Lipinski definition) is 3. The summed E-state index contributed by atoms with van der Waals surface area (Å²) in [5.41, 5.74) is 3.52. The first-order valence-corrected chi connectivity index (χ1v) is 35.0. The van der Waals surface area contributed by atoms with E-state index in [0.29, 0.717) is 107 Å². The van der Waals surface area contributed by atoms with E-state index in [1.807, 2.05) is 114 Å². The molecule has 4 aromatic heterocycles. The maximum absolute atomic E-state index is 17.7. The lowest BCUT2D eigenvalue weighted by Crippen LogP contribution is -2.58. The Morgan fingerprint density at radius 2 is 1.57 bits per heavy atom. The molecule has 3 aromatic carbocycles. The minimum atomic E-state index is -1.41. The number of piperidine rings is 1. The number of thiazole rings is 1. The smallest absolute Gasteiger partial charge is 0.410 e. The molecule has 5 saturated heterocycles. The molecule has 12 rings (SSSR count). The number of benzene rings is 3. The molecule has 0 spiro atoms. The fraction of sp³-hybridized carbons (Fsp3) is 0.528. The van der Waals surface area contributed by atoms with Crippen molar-refractivity contribution in [3.63, 3.8) is 0 Å². The normalized spacial score (nSPS) is 20.6. The van der Waals surface area contributed by atoms with Gasteiger partial charge in [0.2, 0.25) is 11.8 Å². The number of aliphatic hydroxyl groups is 1. The van der Waals surface area contributed by atoms with Crippen LogP contribution in [0.4, 0.5) is 25.2 Å². The van der Waals surface area contributed by atoms with E-state index < -0.39 is 58.4 Å². The monoisotopic (exact) mass is 1360 g/mol. The number of nitrogens with one attached hydrogen (secondary N) is 2. The number of nitrogens with zero attached hydrogens (tertiary/aromatic N) is 12. The SMILES string of the molecule is CCc1cccc2cc(OCOC)cc(-c3ncc4c(N5CC6CCC(C5)N6C(=O)OC(C)(C)C)nc(OCCN5CCC(F)(CN6CCN(c7cnc(C(=O)N[C@H](C(=O)N8C[C@H](O)C[C@H]8C(=O)N[C@@H](C)c8ccc(-c9scnc9C)cc8)C(C)(C)C)cn7)CC6)CC5)nc4c3F)c12. The largest absolute Gasteiger partial charge is 0.468 e. The van der Waals surface area contributed by atoms with E-state index in [0.717, 1.165) is 50.9 Å². The molecule has 9 heterocycles. The van der Waals surface area contributed by atoms with Gasteiger partial charge in [-0.05, 0) is 112 Å². The predicted molar refractivity (Wildman–Crippen MR) is 371 cm³/mol.